The molecule has 0 atom stereocenters. The number of carbonyl (C=O) groups is 1. The van der Waals surface area contributed by atoms with E-state index in [4.69, 9.17) is 4.52 Å². The Labute approximate surface area is 170 Å². The highest BCUT2D eigenvalue weighted by Gasteiger charge is 2.12. The minimum Gasteiger partial charge on any atom is -0.356 e. The summed E-state index contributed by atoms with van der Waals surface area (Å²) < 4.78 is 18.8. The maximum Gasteiger partial charge on any atom is 0.227 e. The number of hydrogen-bond acceptors (Lipinski definition) is 6. The molecule has 2 N–H and O–H groups in total. The number of aromatic nitrogens is 2. The average Bonchev–Trinajstić information content (AvgIpc) is 3.16. The maximum atomic E-state index is 13.6. The lowest BCUT2D eigenvalue weighted by Crippen LogP contribution is -2.44. The Balaban J connectivity index is 0.00000280. The molecule has 2 heterocycles. The first kappa shape index (κ1) is 22.3. The fourth-order valence-corrected chi connectivity index (χ4v) is 2.98. The molecule has 1 aromatic heterocycles. The molecule has 1 amide bonds. The highest BCUT2D eigenvalue weighted by molar-refractivity contribution is 5.85. The lowest BCUT2D eigenvalue weighted by molar-refractivity contribution is -0.121. The van der Waals surface area contributed by atoms with Crippen LogP contribution in [0.1, 0.15) is 24.3 Å². The Morgan fingerprint density at radius 1 is 1.36 bits per heavy atom. The van der Waals surface area contributed by atoms with Crippen LogP contribution in [0.2, 0.25) is 0 Å². The number of nitrogens with one attached hydrogen (secondary N) is 2. The van der Waals surface area contributed by atoms with E-state index in [1.807, 2.05) is 0 Å². The number of aryl methyl sites for hydroxylation is 2. The number of carbonyl (C=O) groups excluding carboxylic acids is 1. The van der Waals surface area contributed by atoms with Gasteiger partial charge in [0.15, 0.2) is 0 Å². The van der Waals surface area contributed by atoms with Crippen molar-refractivity contribution >= 4 is 18.3 Å². The molecular formula is C19H27ClFN5O2. The average molecular weight is 412 g/mol. The lowest BCUT2D eigenvalue weighted by atomic mass is 10.1. The normalized spacial score (nSPS) is 14.5. The van der Waals surface area contributed by atoms with Crippen molar-refractivity contribution in [1.29, 1.82) is 0 Å². The van der Waals surface area contributed by atoms with Crippen LogP contribution in [0, 0.1) is 12.7 Å². The third-order valence-electron chi connectivity index (χ3n) is 4.65. The highest BCUT2D eigenvalue weighted by atomic mass is 35.5. The molecular weight excluding hydrogens is 385 g/mol. The second kappa shape index (κ2) is 11.1. The fourth-order valence-electron chi connectivity index (χ4n) is 2.98. The van der Waals surface area contributed by atoms with Gasteiger partial charge in [0, 0.05) is 51.1 Å². The van der Waals surface area contributed by atoms with Gasteiger partial charge in [0.05, 0.1) is 0 Å². The second-order valence-electron chi connectivity index (χ2n) is 6.77. The van der Waals surface area contributed by atoms with Crippen molar-refractivity contribution in [2.24, 2.45) is 0 Å². The van der Waals surface area contributed by atoms with Crippen molar-refractivity contribution in [3.05, 3.63) is 35.5 Å². The van der Waals surface area contributed by atoms with E-state index in [2.05, 4.69) is 25.7 Å². The summed E-state index contributed by atoms with van der Waals surface area (Å²) in [5, 5.41) is 10.1. The molecule has 0 unspecified atom stereocenters. The van der Waals surface area contributed by atoms with Crippen molar-refractivity contribution in [2.45, 2.75) is 26.2 Å². The monoisotopic (exact) mass is 411 g/mol. The minimum absolute atomic E-state index is 0. The Hall–Kier alpha value is -2.03. The predicted molar refractivity (Wildman–Crippen MR) is 107 cm³/mol. The molecule has 1 aliphatic heterocycles. The first-order valence-electron chi connectivity index (χ1n) is 9.41. The smallest absolute Gasteiger partial charge is 0.227 e. The molecule has 2 aromatic rings. The van der Waals surface area contributed by atoms with Crippen LogP contribution in [0.3, 0.4) is 0 Å². The van der Waals surface area contributed by atoms with Crippen LogP contribution in [0.4, 0.5) is 4.39 Å². The third kappa shape index (κ3) is 6.54. The summed E-state index contributed by atoms with van der Waals surface area (Å²) in [6.45, 7) is 7.57. The molecule has 7 nitrogen and oxygen atoms in total. The summed E-state index contributed by atoms with van der Waals surface area (Å²) in [5.41, 5.74) is 1.13. The molecule has 1 fully saturated rings. The van der Waals surface area contributed by atoms with Crippen LogP contribution in [0.5, 0.6) is 0 Å². The number of rotatable bonds is 8. The van der Waals surface area contributed by atoms with Gasteiger partial charge in [-0.25, -0.2) is 4.39 Å². The Morgan fingerprint density at radius 2 is 2.14 bits per heavy atom. The van der Waals surface area contributed by atoms with Crippen LogP contribution < -0.4 is 10.6 Å². The Bertz CT molecular complexity index is 765. The number of hydrogen-bond donors (Lipinski definition) is 2. The van der Waals surface area contributed by atoms with Gasteiger partial charge in [0.2, 0.25) is 17.6 Å². The zero-order valence-corrected chi connectivity index (χ0v) is 16.9. The fraction of sp³-hybridized carbons (Fsp3) is 0.526. The molecule has 28 heavy (non-hydrogen) atoms. The molecule has 0 aliphatic carbocycles. The van der Waals surface area contributed by atoms with Crippen LogP contribution >= 0.6 is 12.4 Å². The van der Waals surface area contributed by atoms with Gasteiger partial charge in [-0.3, -0.25) is 4.79 Å². The topological polar surface area (TPSA) is 83.3 Å². The van der Waals surface area contributed by atoms with Crippen molar-refractivity contribution in [3.63, 3.8) is 0 Å². The van der Waals surface area contributed by atoms with E-state index in [0.717, 1.165) is 39.1 Å². The SMILES string of the molecule is Cc1ccc(-c2noc(CCC(=O)NCCCN3CCNCC3)n2)cc1F.Cl. The first-order chi connectivity index (χ1) is 13.1. The molecule has 154 valence electrons. The van der Waals surface area contributed by atoms with E-state index in [0.29, 0.717) is 35.8 Å². The van der Waals surface area contributed by atoms with Gasteiger partial charge in [0.1, 0.15) is 5.82 Å². The van der Waals surface area contributed by atoms with E-state index in [-0.39, 0.29) is 30.6 Å². The van der Waals surface area contributed by atoms with Crippen LogP contribution in [-0.4, -0.2) is 60.2 Å². The second-order valence-corrected chi connectivity index (χ2v) is 6.77. The lowest BCUT2D eigenvalue weighted by Gasteiger charge is -2.27. The van der Waals surface area contributed by atoms with Gasteiger partial charge in [-0.2, -0.15) is 4.98 Å². The Kier molecular flexibility index (Phi) is 8.82. The zero-order chi connectivity index (χ0) is 19.1. The third-order valence-corrected chi connectivity index (χ3v) is 4.65. The van der Waals surface area contributed by atoms with Gasteiger partial charge in [0.25, 0.3) is 0 Å². The summed E-state index contributed by atoms with van der Waals surface area (Å²) >= 11 is 0. The van der Waals surface area contributed by atoms with E-state index in [1.165, 1.54) is 6.07 Å². The van der Waals surface area contributed by atoms with E-state index in [1.54, 1.807) is 19.1 Å². The number of benzene rings is 1. The number of piperazine rings is 1. The number of amides is 1. The number of nitrogens with zero attached hydrogens (tertiary/aromatic N) is 3. The van der Waals surface area contributed by atoms with Crippen LogP contribution in [-0.2, 0) is 11.2 Å². The molecule has 9 heteroatoms. The largest absolute Gasteiger partial charge is 0.356 e. The Morgan fingerprint density at radius 3 is 2.89 bits per heavy atom. The minimum atomic E-state index is -0.306. The standard InChI is InChI=1S/C19H26FN5O2.ClH/c1-14-3-4-15(13-16(14)20)19-23-18(27-24-19)6-5-17(26)22-7-2-10-25-11-8-21-9-12-25;/h3-4,13,21H,2,5-12H2,1H3,(H,22,26);1H. The van der Waals surface area contributed by atoms with E-state index in [9.17, 15) is 9.18 Å². The quantitative estimate of drug-likeness (QED) is 0.646. The van der Waals surface area contributed by atoms with Crippen LogP contribution in [0.15, 0.2) is 22.7 Å². The summed E-state index contributed by atoms with van der Waals surface area (Å²) in [6.07, 6.45) is 1.60. The predicted octanol–water partition coefficient (Wildman–Crippen LogP) is 1.95. The number of halogens is 2. The molecule has 0 radical (unpaired) electrons. The molecule has 0 saturated carbocycles. The van der Waals surface area contributed by atoms with Crippen molar-refractivity contribution in [3.8, 4) is 11.4 Å². The summed E-state index contributed by atoms with van der Waals surface area (Å²) in [7, 11) is 0. The summed E-state index contributed by atoms with van der Waals surface area (Å²) in [6, 6.07) is 4.81. The van der Waals surface area contributed by atoms with Crippen molar-refractivity contribution < 1.29 is 13.7 Å². The van der Waals surface area contributed by atoms with Gasteiger partial charge >= 0.3 is 0 Å². The zero-order valence-electron chi connectivity index (χ0n) is 16.0. The maximum absolute atomic E-state index is 13.6. The summed E-state index contributed by atoms with van der Waals surface area (Å²) in [5.74, 6) is 0.373. The van der Waals surface area contributed by atoms with Gasteiger partial charge in [-0.1, -0.05) is 17.3 Å². The van der Waals surface area contributed by atoms with Gasteiger partial charge < -0.3 is 20.1 Å². The van der Waals surface area contributed by atoms with Gasteiger partial charge in [-0.05, 0) is 31.5 Å². The molecule has 3 rings (SSSR count). The molecule has 1 aliphatic rings. The summed E-state index contributed by atoms with van der Waals surface area (Å²) in [4.78, 5) is 18.6. The van der Waals surface area contributed by atoms with E-state index < -0.39 is 0 Å². The molecule has 0 bridgehead atoms. The van der Waals surface area contributed by atoms with Crippen LogP contribution in [0.25, 0.3) is 11.4 Å². The van der Waals surface area contributed by atoms with Crippen molar-refractivity contribution in [2.75, 3.05) is 39.3 Å². The molecule has 0 spiro atoms. The first-order valence-corrected chi connectivity index (χ1v) is 9.41. The van der Waals surface area contributed by atoms with Gasteiger partial charge in [-0.15, -0.1) is 12.4 Å². The highest BCUT2D eigenvalue weighted by Crippen LogP contribution is 2.19. The molecule has 1 aromatic carbocycles. The molecule has 1 saturated heterocycles. The van der Waals surface area contributed by atoms with E-state index >= 15 is 0 Å². The van der Waals surface area contributed by atoms with Crippen molar-refractivity contribution in [1.82, 2.24) is 25.7 Å².